The van der Waals surface area contributed by atoms with Crippen LogP contribution in [0.25, 0.3) is 43.4 Å². The highest BCUT2D eigenvalue weighted by Gasteiger charge is 2.18. The molecular weight excluding hydrogens is 528 g/mol. The Morgan fingerprint density at radius 3 is 1.95 bits per heavy atom. The first-order valence-electron chi connectivity index (χ1n) is 12.7. The Morgan fingerprint density at radius 2 is 1.21 bits per heavy atom. The van der Waals surface area contributed by atoms with Crippen LogP contribution in [0.1, 0.15) is 16.7 Å². The molecule has 3 heteroatoms. The summed E-state index contributed by atoms with van der Waals surface area (Å²) in [7, 11) is 4.54. The van der Waals surface area contributed by atoms with Crippen molar-refractivity contribution in [3.8, 4) is 17.2 Å². The summed E-state index contributed by atoms with van der Waals surface area (Å²) in [6, 6.07) is 43.6. The largest absolute Gasteiger partial charge is 1.00 e. The maximum absolute atomic E-state index is 9.11. The van der Waals surface area contributed by atoms with Gasteiger partial charge in [0.1, 0.15) is 13.1 Å². The van der Waals surface area contributed by atoms with E-state index in [0.29, 0.717) is 5.56 Å². The highest BCUT2D eigenvalue weighted by Crippen LogP contribution is 2.38. The Balaban J connectivity index is 0.00000294. The minimum absolute atomic E-state index is 0. The predicted molar refractivity (Wildman–Crippen MR) is 155 cm³/mol. The van der Waals surface area contributed by atoms with Crippen LogP contribution < -0.4 is 17.0 Å². The van der Waals surface area contributed by atoms with Crippen molar-refractivity contribution in [3.05, 3.63) is 132 Å². The van der Waals surface area contributed by atoms with E-state index >= 15 is 0 Å². The van der Waals surface area contributed by atoms with Crippen LogP contribution in [-0.2, 0) is 13.1 Å². The number of nitriles is 1. The highest BCUT2D eigenvalue weighted by molar-refractivity contribution is 6.15. The van der Waals surface area contributed by atoms with Crippen LogP contribution in [0, 0.1) is 11.3 Å². The van der Waals surface area contributed by atoms with Gasteiger partial charge in [-0.2, -0.15) is 5.26 Å². The quantitative estimate of drug-likeness (QED) is 0.204. The van der Waals surface area contributed by atoms with Crippen molar-refractivity contribution in [2.75, 3.05) is 14.1 Å². The van der Waals surface area contributed by atoms with E-state index in [9.17, 15) is 0 Å². The second kappa shape index (κ2) is 10.4. The van der Waals surface area contributed by atoms with Crippen molar-refractivity contribution in [2.24, 2.45) is 0 Å². The third-order valence-electron chi connectivity index (χ3n) is 7.25. The molecule has 38 heavy (non-hydrogen) atoms. The molecule has 0 fully saturated rings. The second-order valence-electron chi connectivity index (χ2n) is 10.7. The van der Waals surface area contributed by atoms with E-state index in [0.717, 1.165) is 17.6 Å². The molecule has 2 nitrogen and oxygen atoms in total. The standard InChI is InChI=1S/C35H29N2.BrH/c1-37(2,23-26-16-14-25(22-36)15-17-26)24-27-8-7-12-31(18-27)35-33-13-6-5-11-30(33)20-32-19-28-9-3-4-10-29(28)21-34(32)35;/h3-21H,23-24H2,1-2H3;1H/q+1;/p-1. The molecule has 0 aliphatic carbocycles. The fraction of sp³-hybridized carbons (Fsp3) is 0.114. The Bertz CT molecular complexity index is 1810. The van der Waals surface area contributed by atoms with Crippen molar-refractivity contribution in [1.82, 2.24) is 0 Å². The summed E-state index contributed by atoms with van der Waals surface area (Å²) in [5, 5.41) is 16.8. The van der Waals surface area contributed by atoms with Crippen LogP contribution in [-0.4, -0.2) is 18.6 Å². The Labute approximate surface area is 234 Å². The van der Waals surface area contributed by atoms with Crippen LogP contribution >= 0.6 is 0 Å². The molecule has 0 amide bonds. The molecule has 0 saturated carbocycles. The molecule has 6 rings (SSSR count). The topological polar surface area (TPSA) is 23.8 Å². The summed E-state index contributed by atoms with van der Waals surface area (Å²) in [6.07, 6.45) is 0. The van der Waals surface area contributed by atoms with Crippen LogP contribution in [0.2, 0.25) is 0 Å². The van der Waals surface area contributed by atoms with Gasteiger partial charge in [0.25, 0.3) is 0 Å². The van der Waals surface area contributed by atoms with Gasteiger partial charge in [-0.1, -0.05) is 78.9 Å². The van der Waals surface area contributed by atoms with E-state index in [-0.39, 0.29) is 17.0 Å². The molecule has 186 valence electrons. The summed E-state index contributed by atoms with van der Waals surface area (Å²) < 4.78 is 0.830. The van der Waals surface area contributed by atoms with Gasteiger partial charge in [0.2, 0.25) is 0 Å². The monoisotopic (exact) mass is 556 g/mol. The zero-order chi connectivity index (χ0) is 25.4. The van der Waals surface area contributed by atoms with Crippen LogP contribution in [0.15, 0.2) is 115 Å². The van der Waals surface area contributed by atoms with Crippen LogP contribution in [0.5, 0.6) is 0 Å². The normalized spacial score (nSPS) is 11.4. The lowest BCUT2D eigenvalue weighted by molar-refractivity contribution is -0.916. The zero-order valence-corrected chi connectivity index (χ0v) is 23.2. The van der Waals surface area contributed by atoms with Crippen molar-refractivity contribution in [3.63, 3.8) is 0 Å². The number of fused-ring (bicyclic) bond motifs is 3. The zero-order valence-electron chi connectivity index (χ0n) is 21.7. The first-order valence-corrected chi connectivity index (χ1v) is 12.7. The summed E-state index contributed by atoms with van der Waals surface area (Å²) in [5.74, 6) is 0. The molecule has 0 aromatic heterocycles. The van der Waals surface area contributed by atoms with Crippen molar-refractivity contribution in [1.29, 1.82) is 5.26 Å². The average Bonchev–Trinajstić information content (AvgIpc) is 2.90. The smallest absolute Gasteiger partial charge is 0.104 e. The van der Waals surface area contributed by atoms with Crippen LogP contribution in [0.4, 0.5) is 0 Å². The van der Waals surface area contributed by atoms with E-state index in [4.69, 9.17) is 5.26 Å². The number of rotatable bonds is 5. The molecule has 0 atom stereocenters. The van der Waals surface area contributed by atoms with E-state index in [1.165, 1.54) is 54.6 Å². The fourth-order valence-corrected chi connectivity index (χ4v) is 5.62. The summed E-state index contributed by atoms with van der Waals surface area (Å²) in [6.45, 7) is 1.82. The first kappa shape index (κ1) is 25.7. The molecule has 0 bridgehead atoms. The molecule has 0 spiro atoms. The molecule has 0 aliphatic rings. The molecule has 6 aromatic rings. The fourth-order valence-electron chi connectivity index (χ4n) is 5.62. The first-order chi connectivity index (χ1) is 18.0. The Kier molecular flexibility index (Phi) is 7.04. The summed E-state index contributed by atoms with van der Waals surface area (Å²) in [5.41, 5.74) is 5.83. The molecular formula is C35H29BrN2. The second-order valence-corrected chi connectivity index (χ2v) is 10.7. The number of halogens is 1. The van der Waals surface area contributed by atoms with Gasteiger partial charge < -0.3 is 21.5 Å². The van der Waals surface area contributed by atoms with Crippen molar-refractivity contribution >= 4 is 32.3 Å². The Hall–Kier alpha value is -3.97. The molecule has 0 saturated heterocycles. The highest BCUT2D eigenvalue weighted by atomic mass is 79.9. The Morgan fingerprint density at radius 1 is 0.579 bits per heavy atom. The molecule has 0 aliphatic heterocycles. The number of hydrogen-bond acceptors (Lipinski definition) is 1. The number of benzene rings is 6. The lowest BCUT2D eigenvalue weighted by Crippen LogP contribution is -3.00. The maximum Gasteiger partial charge on any atom is 0.104 e. The van der Waals surface area contributed by atoms with E-state index in [1.54, 1.807) is 0 Å². The van der Waals surface area contributed by atoms with E-state index < -0.39 is 0 Å². The van der Waals surface area contributed by atoms with Gasteiger partial charge in [-0.25, -0.2) is 0 Å². The van der Waals surface area contributed by atoms with Crippen molar-refractivity contribution < 1.29 is 21.5 Å². The summed E-state index contributed by atoms with van der Waals surface area (Å²) in [4.78, 5) is 0. The van der Waals surface area contributed by atoms with Gasteiger partial charge in [-0.05, 0) is 79.8 Å². The van der Waals surface area contributed by atoms with Gasteiger partial charge in [0.15, 0.2) is 0 Å². The lowest BCUT2D eigenvalue weighted by atomic mass is 9.90. The van der Waals surface area contributed by atoms with Gasteiger partial charge in [-0.3, -0.25) is 0 Å². The summed E-state index contributed by atoms with van der Waals surface area (Å²) >= 11 is 0. The molecule has 6 aromatic carbocycles. The van der Waals surface area contributed by atoms with Gasteiger partial charge in [0.05, 0.1) is 25.7 Å². The third kappa shape index (κ3) is 5.07. The molecule has 0 N–H and O–H groups in total. The van der Waals surface area contributed by atoms with Crippen LogP contribution in [0.3, 0.4) is 0 Å². The van der Waals surface area contributed by atoms with Gasteiger partial charge >= 0.3 is 0 Å². The maximum atomic E-state index is 9.11. The van der Waals surface area contributed by atoms with Crippen molar-refractivity contribution in [2.45, 2.75) is 13.1 Å². The minimum Gasteiger partial charge on any atom is -1.00 e. The average molecular weight is 558 g/mol. The number of nitrogens with zero attached hydrogens (tertiary/aromatic N) is 2. The number of quaternary nitrogens is 1. The molecule has 0 unspecified atom stereocenters. The predicted octanol–water partition coefficient (Wildman–Crippen LogP) is 5.47. The van der Waals surface area contributed by atoms with Gasteiger partial charge in [-0.15, -0.1) is 0 Å². The van der Waals surface area contributed by atoms with Gasteiger partial charge in [0, 0.05) is 11.1 Å². The number of hydrogen-bond donors (Lipinski definition) is 0. The molecule has 0 heterocycles. The van der Waals surface area contributed by atoms with E-state index in [2.05, 4.69) is 123 Å². The van der Waals surface area contributed by atoms with E-state index in [1.807, 2.05) is 12.1 Å². The lowest BCUT2D eigenvalue weighted by Gasteiger charge is -2.30. The third-order valence-corrected chi connectivity index (χ3v) is 7.25. The molecule has 0 radical (unpaired) electrons. The SMILES string of the molecule is C[N+](C)(Cc1ccc(C#N)cc1)Cc1cccc(-c2c3ccccc3cc3cc4ccccc4cc23)c1.[Br-]. The minimum atomic E-state index is 0.